The van der Waals surface area contributed by atoms with Crippen LogP contribution in [0.15, 0.2) is 24.3 Å². The zero-order valence-corrected chi connectivity index (χ0v) is 13.4. The first-order chi connectivity index (χ1) is 10.1. The van der Waals surface area contributed by atoms with Gasteiger partial charge in [0.2, 0.25) is 5.91 Å². The quantitative estimate of drug-likeness (QED) is 0.838. The van der Waals surface area contributed by atoms with Crippen molar-refractivity contribution in [3.05, 3.63) is 34.9 Å². The molecule has 2 saturated heterocycles. The number of rotatable bonds is 2. The van der Waals surface area contributed by atoms with Crippen molar-refractivity contribution in [2.45, 2.75) is 32.2 Å². The van der Waals surface area contributed by atoms with Crippen molar-refractivity contribution in [1.29, 1.82) is 0 Å². The molecule has 3 rings (SSSR count). The van der Waals surface area contributed by atoms with Crippen LogP contribution in [0.3, 0.4) is 0 Å². The molecular formula is C17H23ClN2O. The van der Waals surface area contributed by atoms with Gasteiger partial charge in [0.15, 0.2) is 0 Å². The van der Waals surface area contributed by atoms with Crippen LogP contribution < -0.4 is 0 Å². The minimum absolute atomic E-state index is 0.0794. The van der Waals surface area contributed by atoms with Crippen molar-refractivity contribution < 1.29 is 4.79 Å². The molecule has 0 aromatic heterocycles. The van der Waals surface area contributed by atoms with Gasteiger partial charge in [-0.15, -0.1) is 0 Å². The number of amides is 1. The fourth-order valence-corrected chi connectivity index (χ4v) is 3.93. The molecule has 0 bridgehead atoms. The van der Waals surface area contributed by atoms with Gasteiger partial charge < -0.3 is 4.90 Å². The summed E-state index contributed by atoms with van der Waals surface area (Å²) in [6, 6.07) is 8.05. The Labute approximate surface area is 131 Å². The summed E-state index contributed by atoms with van der Waals surface area (Å²) in [4.78, 5) is 16.8. The van der Waals surface area contributed by atoms with E-state index in [1.807, 2.05) is 30.1 Å². The number of benzene rings is 1. The van der Waals surface area contributed by atoms with Gasteiger partial charge in [0.1, 0.15) is 0 Å². The summed E-state index contributed by atoms with van der Waals surface area (Å²) >= 11 is 6.26. The van der Waals surface area contributed by atoms with Crippen molar-refractivity contribution in [1.82, 2.24) is 9.80 Å². The van der Waals surface area contributed by atoms with E-state index in [0.29, 0.717) is 5.91 Å². The number of carbonyl (C=O) groups is 1. The highest BCUT2D eigenvalue weighted by Crippen LogP contribution is 2.41. The average molecular weight is 307 g/mol. The standard InChI is InChI=1S/C17H23ClN2O/c1-19-11-8-17(16(19)21)7-4-10-20(12-9-17)13-14-5-2-3-6-15(14)18/h2-3,5-6H,4,7-13H2,1H3. The Kier molecular flexibility index (Phi) is 4.23. The first-order valence-electron chi connectivity index (χ1n) is 7.82. The van der Waals surface area contributed by atoms with Crippen molar-refractivity contribution in [3.63, 3.8) is 0 Å². The number of nitrogens with zero attached hydrogens (tertiary/aromatic N) is 2. The molecule has 0 N–H and O–H groups in total. The van der Waals surface area contributed by atoms with E-state index in [2.05, 4.69) is 11.0 Å². The predicted molar refractivity (Wildman–Crippen MR) is 85.3 cm³/mol. The minimum Gasteiger partial charge on any atom is -0.345 e. The van der Waals surface area contributed by atoms with Crippen molar-refractivity contribution >= 4 is 17.5 Å². The normalized spacial score (nSPS) is 27.3. The van der Waals surface area contributed by atoms with Gasteiger partial charge in [-0.2, -0.15) is 0 Å². The molecule has 0 saturated carbocycles. The van der Waals surface area contributed by atoms with Crippen molar-refractivity contribution in [3.8, 4) is 0 Å². The van der Waals surface area contributed by atoms with Gasteiger partial charge in [-0.05, 0) is 50.4 Å². The maximum Gasteiger partial charge on any atom is 0.228 e. The van der Waals surface area contributed by atoms with E-state index >= 15 is 0 Å². The third kappa shape index (κ3) is 2.95. The summed E-state index contributed by atoms with van der Waals surface area (Å²) in [7, 11) is 1.93. The van der Waals surface area contributed by atoms with Crippen LogP contribution in [0.2, 0.25) is 5.02 Å². The van der Waals surface area contributed by atoms with Crippen LogP contribution in [0.4, 0.5) is 0 Å². The van der Waals surface area contributed by atoms with Crippen LogP contribution >= 0.6 is 11.6 Å². The van der Waals surface area contributed by atoms with E-state index < -0.39 is 0 Å². The second-order valence-corrected chi connectivity index (χ2v) is 6.89. The van der Waals surface area contributed by atoms with Crippen LogP contribution in [0.25, 0.3) is 0 Å². The predicted octanol–water partition coefficient (Wildman–Crippen LogP) is 3.17. The lowest BCUT2D eigenvalue weighted by Gasteiger charge is -2.26. The number of likely N-dealkylation sites (tertiary alicyclic amines) is 2. The summed E-state index contributed by atoms with van der Waals surface area (Å²) in [6.07, 6.45) is 4.15. The van der Waals surface area contributed by atoms with Crippen LogP contribution in [0, 0.1) is 5.41 Å². The molecule has 2 fully saturated rings. The van der Waals surface area contributed by atoms with E-state index in [1.165, 1.54) is 5.56 Å². The molecule has 1 unspecified atom stereocenters. The number of halogens is 1. The smallest absolute Gasteiger partial charge is 0.228 e. The van der Waals surface area contributed by atoms with Gasteiger partial charge in [-0.3, -0.25) is 9.69 Å². The lowest BCUT2D eigenvalue weighted by Crippen LogP contribution is -2.33. The fraction of sp³-hybridized carbons (Fsp3) is 0.588. The molecule has 2 aliphatic rings. The van der Waals surface area contributed by atoms with Crippen LogP contribution in [0.1, 0.15) is 31.2 Å². The zero-order valence-electron chi connectivity index (χ0n) is 12.6. The third-order valence-electron chi connectivity index (χ3n) is 5.11. The van der Waals surface area contributed by atoms with Gasteiger partial charge in [0, 0.05) is 25.2 Å². The molecule has 1 amide bonds. The van der Waals surface area contributed by atoms with Crippen LogP contribution in [-0.4, -0.2) is 42.4 Å². The summed E-state index contributed by atoms with van der Waals surface area (Å²) in [5.41, 5.74) is 1.11. The lowest BCUT2D eigenvalue weighted by atomic mass is 9.79. The van der Waals surface area contributed by atoms with Crippen molar-refractivity contribution in [2.24, 2.45) is 5.41 Å². The Morgan fingerprint density at radius 3 is 2.62 bits per heavy atom. The van der Waals surface area contributed by atoms with Gasteiger partial charge in [0.25, 0.3) is 0 Å². The highest BCUT2D eigenvalue weighted by molar-refractivity contribution is 6.31. The summed E-state index contributed by atoms with van der Waals surface area (Å²) in [6.45, 7) is 3.86. The number of hydrogen-bond acceptors (Lipinski definition) is 2. The molecule has 1 spiro atoms. The molecular weight excluding hydrogens is 284 g/mol. The maximum absolute atomic E-state index is 12.4. The largest absolute Gasteiger partial charge is 0.345 e. The Bertz CT molecular complexity index is 533. The monoisotopic (exact) mass is 306 g/mol. The number of hydrogen-bond donors (Lipinski definition) is 0. The molecule has 1 aromatic carbocycles. The molecule has 1 aromatic rings. The molecule has 0 radical (unpaired) electrons. The summed E-state index contributed by atoms with van der Waals surface area (Å²) in [5, 5.41) is 0.841. The van der Waals surface area contributed by atoms with Gasteiger partial charge in [-0.25, -0.2) is 0 Å². The van der Waals surface area contributed by atoms with Crippen molar-refractivity contribution in [2.75, 3.05) is 26.7 Å². The number of carbonyl (C=O) groups excluding carboxylic acids is 1. The Morgan fingerprint density at radius 1 is 1.14 bits per heavy atom. The summed E-state index contributed by atoms with van der Waals surface area (Å²) in [5.74, 6) is 0.363. The SMILES string of the molecule is CN1CCC2(CCCN(Cc3ccccc3Cl)CC2)C1=O. The molecule has 2 aliphatic heterocycles. The minimum atomic E-state index is -0.0794. The molecule has 114 valence electrons. The maximum atomic E-state index is 12.4. The van der Waals surface area contributed by atoms with Crippen LogP contribution in [0.5, 0.6) is 0 Å². The van der Waals surface area contributed by atoms with E-state index in [-0.39, 0.29) is 5.41 Å². The average Bonchev–Trinajstić information content (AvgIpc) is 2.66. The first kappa shape index (κ1) is 14.9. The molecule has 0 aliphatic carbocycles. The summed E-state index contributed by atoms with van der Waals surface area (Å²) < 4.78 is 0. The molecule has 3 nitrogen and oxygen atoms in total. The Balaban J connectivity index is 1.67. The van der Waals surface area contributed by atoms with Gasteiger partial charge >= 0.3 is 0 Å². The Morgan fingerprint density at radius 2 is 1.90 bits per heavy atom. The van der Waals surface area contributed by atoms with Gasteiger partial charge in [0.05, 0.1) is 5.41 Å². The third-order valence-corrected chi connectivity index (χ3v) is 5.48. The Hall–Kier alpha value is -1.06. The lowest BCUT2D eigenvalue weighted by molar-refractivity contribution is -0.135. The highest BCUT2D eigenvalue weighted by atomic mass is 35.5. The molecule has 1 atom stereocenters. The van der Waals surface area contributed by atoms with E-state index in [4.69, 9.17) is 11.6 Å². The van der Waals surface area contributed by atoms with E-state index in [1.54, 1.807) is 0 Å². The van der Waals surface area contributed by atoms with Crippen LogP contribution in [-0.2, 0) is 11.3 Å². The van der Waals surface area contributed by atoms with E-state index in [9.17, 15) is 4.79 Å². The van der Waals surface area contributed by atoms with Gasteiger partial charge in [-0.1, -0.05) is 29.8 Å². The molecule has 2 heterocycles. The first-order valence-corrected chi connectivity index (χ1v) is 8.20. The molecule has 4 heteroatoms. The van der Waals surface area contributed by atoms with E-state index in [0.717, 1.165) is 56.9 Å². The topological polar surface area (TPSA) is 23.6 Å². The second-order valence-electron chi connectivity index (χ2n) is 6.48. The molecule has 21 heavy (non-hydrogen) atoms. The highest BCUT2D eigenvalue weighted by Gasteiger charge is 2.45. The second kappa shape index (κ2) is 5.98. The zero-order chi connectivity index (χ0) is 14.9. The fourth-order valence-electron chi connectivity index (χ4n) is 3.73.